The molecule has 170 valence electrons. The van der Waals surface area contributed by atoms with Gasteiger partial charge in [0.2, 0.25) is 0 Å². The van der Waals surface area contributed by atoms with Gasteiger partial charge in [-0.25, -0.2) is 0 Å². The highest BCUT2D eigenvalue weighted by molar-refractivity contribution is 5.95. The number of nitrogens with zero attached hydrogens (tertiary/aromatic N) is 3. The number of aryl methyl sites for hydroxylation is 2. The maximum absolute atomic E-state index is 12.2. The summed E-state index contributed by atoms with van der Waals surface area (Å²) < 4.78 is 11.2. The van der Waals surface area contributed by atoms with E-state index in [1.807, 2.05) is 26.0 Å². The van der Waals surface area contributed by atoms with Crippen LogP contribution >= 0.6 is 0 Å². The summed E-state index contributed by atoms with van der Waals surface area (Å²) in [6, 6.07) is 5.89. The van der Waals surface area contributed by atoms with Gasteiger partial charge in [-0.3, -0.25) is 4.79 Å². The number of aliphatic hydroxyl groups excluding tert-OH is 1. The molecule has 0 unspecified atom stereocenters. The average molecular weight is 431 g/mol. The lowest BCUT2D eigenvalue weighted by atomic mass is 9.92. The number of amides is 1. The highest BCUT2D eigenvalue weighted by Gasteiger charge is 2.22. The molecule has 31 heavy (non-hydrogen) atoms. The number of aliphatic hydroxyl groups is 1. The summed E-state index contributed by atoms with van der Waals surface area (Å²) in [6.45, 7) is 8.17. The molecule has 0 radical (unpaired) electrons. The lowest BCUT2D eigenvalue weighted by Gasteiger charge is -2.30. The van der Waals surface area contributed by atoms with E-state index < -0.39 is 0 Å². The number of rotatable bonds is 10. The molecule has 1 aromatic carbocycles. The Morgan fingerprint density at radius 3 is 2.81 bits per heavy atom. The van der Waals surface area contributed by atoms with E-state index in [4.69, 9.17) is 14.4 Å². The first-order valence-electron chi connectivity index (χ1n) is 11.2. The number of anilines is 1. The number of nitrogens with one attached hydrogen (secondary N) is 1. The third kappa shape index (κ3) is 6.43. The molecular formula is C23H34N4O4. The van der Waals surface area contributed by atoms with Gasteiger partial charge in [-0.1, -0.05) is 12.1 Å². The third-order valence-corrected chi connectivity index (χ3v) is 5.78. The Balaban J connectivity index is 1.37. The van der Waals surface area contributed by atoms with Crippen LogP contribution in [0.15, 0.2) is 22.7 Å². The third-order valence-electron chi connectivity index (χ3n) is 5.78. The molecule has 2 heterocycles. The first kappa shape index (κ1) is 23.1. The van der Waals surface area contributed by atoms with Crippen LogP contribution in [0.1, 0.15) is 61.3 Å². The van der Waals surface area contributed by atoms with Crippen molar-refractivity contribution in [2.24, 2.45) is 5.92 Å². The van der Waals surface area contributed by atoms with E-state index in [1.54, 1.807) is 13.0 Å². The summed E-state index contributed by atoms with van der Waals surface area (Å²) in [5.74, 6) is 2.05. The van der Waals surface area contributed by atoms with Crippen LogP contribution in [0.5, 0.6) is 5.75 Å². The minimum Gasteiger partial charge on any atom is -0.494 e. The highest BCUT2D eigenvalue weighted by atomic mass is 16.5. The van der Waals surface area contributed by atoms with Crippen LogP contribution in [0.2, 0.25) is 0 Å². The molecule has 0 bridgehead atoms. The number of hydrogen-bond acceptors (Lipinski definition) is 7. The van der Waals surface area contributed by atoms with Crippen LogP contribution in [0.3, 0.4) is 0 Å². The van der Waals surface area contributed by atoms with Gasteiger partial charge in [-0.2, -0.15) is 4.98 Å². The van der Waals surface area contributed by atoms with E-state index in [2.05, 4.69) is 20.4 Å². The van der Waals surface area contributed by atoms with Crippen molar-refractivity contribution in [2.45, 2.75) is 58.9 Å². The van der Waals surface area contributed by atoms with Gasteiger partial charge in [0.05, 0.1) is 13.2 Å². The lowest BCUT2D eigenvalue weighted by molar-refractivity contribution is 0.0921. The zero-order valence-electron chi connectivity index (χ0n) is 18.8. The fourth-order valence-corrected chi connectivity index (χ4v) is 3.82. The molecule has 3 rings (SSSR count). The van der Waals surface area contributed by atoms with Gasteiger partial charge < -0.3 is 24.6 Å². The molecule has 1 amide bonds. The molecule has 8 nitrogen and oxygen atoms in total. The molecule has 1 aliphatic rings. The molecule has 1 fully saturated rings. The first-order chi connectivity index (χ1) is 15.0. The number of ether oxygens (including phenoxy) is 1. The van der Waals surface area contributed by atoms with E-state index in [9.17, 15) is 4.79 Å². The monoisotopic (exact) mass is 430 g/mol. The fraction of sp³-hybridized carbons (Fsp3) is 0.609. The van der Waals surface area contributed by atoms with Crippen molar-refractivity contribution >= 4 is 11.9 Å². The number of piperidine rings is 1. The minimum absolute atomic E-state index is 0.0816. The Morgan fingerprint density at radius 2 is 2.16 bits per heavy atom. The Kier molecular flexibility index (Phi) is 8.28. The van der Waals surface area contributed by atoms with Crippen LogP contribution in [0.4, 0.5) is 6.01 Å². The van der Waals surface area contributed by atoms with Gasteiger partial charge in [0.25, 0.3) is 5.91 Å². The smallest absolute Gasteiger partial charge is 0.324 e. The first-order valence-corrected chi connectivity index (χ1v) is 11.2. The maximum atomic E-state index is 12.2. The Hall–Kier alpha value is -2.61. The zero-order valence-corrected chi connectivity index (χ0v) is 18.8. The van der Waals surface area contributed by atoms with Gasteiger partial charge in [-0.15, -0.1) is 0 Å². The second-order valence-electron chi connectivity index (χ2n) is 8.30. The minimum atomic E-state index is -0.268. The van der Waals surface area contributed by atoms with Gasteiger partial charge >= 0.3 is 6.01 Å². The van der Waals surface area contributed by atoms with Gasteiger partial charge in [0, 0.05) is 31.1 Å². The van der Waals surface area contributed by atoms with Crippen LogP contribution in [0, 0.1) is 12.8 Å². The molecule has 0 saturated carbocycles. The maximum Gasteiger partial charge on any atom is 0.324 e. The molecule has 1 saturated heterocycles. The second kappa shape index (κ2) is 11.1. The van der Waals surface area contributed by atoms with Crippen LogP contribution in [0.25, 0.3) is 0 Å². The highest BCUT2D eigenvalue weighted by Crippen LogP contribution is 2.25. The summed E-state index contributed by atoms with van der Waals surface area (Å²) in [5.41, 5.74) is 1.46. The molecule has 1 atom stereocenters. The van der Waals surface area contributed by atoms with Gasteiger partial charge in [0.15, 0.2) is 5.82 Å². The predicted molar refractivity (Wildman–Crippen MR) is 119 cm³/mol. The average Bonchev–Trinajstić information content (AvgIpc) is 3.26. The van der Waals surface area contributed by atoms with Crippen LogP contribution < -0.4 is 15.0 Å². The van der Waals surface area contributed by atoms with Crippen molar-refractivity contribution in [3.05, 3.63) is 35.2 Å². The molecule has 8 heteroatoms. The number of carbonyl (C=O) groups excluding carboxylic acids is 1. The predicted octanol–water partition coefficient (Wildman–Crippen LogP) is 3.13. The second-order valence-corrected chi connectivity index (χ2v) is 8.30. The van der Waals surface area contributed by atoms with Gasteiger partial charge in [-0.05, 0) is 69.2 Å². The summed E-state index contributed by atoms with van der Waals surface area (Å²) in [4.78, 5) is 18.8. The van der Waals surface area contributed by atoms with E-state index in [0.717, 1.165) is 62.3 Å². The number of hydrogen-bond donors (Lipinski definition) is 2. The summed E-state index contributed by atoms with van der Waals surface area (Å²) in [5, 5.41) is 15.8. The van der Waals surface area contributed by atoms with Crippen molar-refractivity contribution in [3.63, 3.8) is 0 Å². The molecule has 1 aliphatic heterocycles. The van der Waals surface area contributed by atoms with Crippen molar-refractivity contribution < 1.29 is 19.2 Å². The van der Waals surface area contributed by atoms with Gasteiger partial charge in [0.1, 0.15) is 5.75 Å². The topological polar surface area (TPSA) is 101 Å². The SMILES string of the molecule is CCc1noc(N2CCC(CCCOc3ccc(C(=O)N[C@@H](C)CO)c(C)c3)CC2)n1. The molecule has 2 N–H and O–H groups in total. The number of carbonyl (C=O) groups is 1. The summed E-state index contributed by atoms with van der Waals surface area (Å²) >= 11 is 0. The lowest BCUT2D eigenvalue weighted by Crippen LogP contribution is -2.35. The van der Waals surface area contributed by atoms with E-state index >= 15 is 0 Å². The van der Waals surface area contributed by atoms with E-state index in [0.29, 0.717) is 24.1 Å². The van der Waals surface area contributed by atoms with Crippen molar-refractivity contribution in [1.29, 1.82) is 0 Å². The molecule has 0 spiro atoms. The molecule has 2 aromatic rings. The normalized spacial score (nSPS) is 15.7. The van der Waals surface area contributed by atoms with Crippen LogP contribution in [-0.4, -0.2) is 53.5 Å². The zero-order chi connectivity index (χ0) is 22.2. The molecular weight excluding hydrogens is 396 g/mol. The number of aromatic nitrogens is 2. The van der Waals surface area contributed by atoms with E-state index in [1.165, 1.54) is 0 Å². The Morgan fingerprint density at radius 1 is 1.39 bits per heavy atom. The Bertz CT molecular complexity index is 846. The standard InChI is InChI=1S/C23H34N4O4/c1-4-21-25-23(31-26-21)27-11-9-18(10-12-27)6-5-13-30-19-7-8-20(16(2)14-19)22(29)24-17(3)15-28/h7-8,14,17-18,28H,4-6,9-13,15H2,1-3H3,(H,24,29)/t17-/m0/s1. The Labute approximate surface area is 184 Å². The molecule has 1 aromatic heterocycles. The van der Waals surface area contributed by atoms with Crippen molar-refractivity contribution in [3.8, 4) is 5.75 Å². The summed E-state index contributed by atoms with van der Waals surface area (Å²) in [7, 11) is 0. The fourth-order valence-electron chi connectivity index (χ4n) is 3.82. The quantitative estimate of drug-likeness (QED) is 0.559. The van der Waals surface area contributed by atoms with Crippen LogP contribution in [-0.2, 0) is 6.42 Å². The summed E-state index contributed by atoms with van der Waals surface area (Å²) in [6.07, 6.45) is 5.17. The van der Waals surface area contributed by atoms with E-state index in [-0.39, 0.29) is 18.6 Å². The molecule has 0 aliphatic carbocycles. The van der Waals surface area contributed by atoms with Crippen molar-refractivity contribution in [1.82, 2.24) is 15.5 Å². The van der Waals surface area contributed by atoms with Crippen molar-refractivity contribution in [2.75, 3.05) is 31.2 Å². The number of benzene rings is 1. The largest absolute Gasteiger partial charge is 0.494 e.